The van der Waals surface area contributed by atoms with Crippen LogP contribution in [0.3, 0.4) is 0 Å². The van der Waals surface area contributed by atoms with E-state index >= 15 is 0 Å². The molecule has 1 aromatic heterocycles. The van der Waals surface area contributed by atoms with Crippen LogP contribution in [0.2, 0.25) is 0 Å². The zero-order valence-corrected chi connectivity index (χ0v) is 23.2. The maximum absolute atomic E-state index is 13.5. The van der Waals surface area contributed by atoms with Crippen molar-refractivity contribution in [3.8, 4) is 0 Å². The fourth-order valence-electron chi connectivity index (χ4n) is 6.94. The number of hydrogen-bond donors (Lipinski definition) is 3. The summed E-state index contributed by atoms with van der Waals surface area (Å²) >= 11 is 0. The molecule has 2 aliphatic rings. The molecule has 39 heavy (non-hydrogen) atoms. The molecule has 2 aliphatic carbocycles. The summed E-state index contributed by atoms with van der Waals surface area (Å²) in [5.74, 6) is 0.725. The summed E-state index contributed by atoms with van der Waals surface area (Å²) in [7, 11) is 0. The van der Waals surface area contributed by atoms with E-state index in [0.717, 1.165) is 38.1 Å². The zero-order chi connectivity index (χ0) is 27.2. The number of para-hydroxylation sites is 1. The Bertz CT molecular complexity index is 1270. The summed E-state index contributed by atoms with van der Waals surface area (Å²) in [6.45, 7) is 3.16. The van der Waals surface area contributed by atoms with Gasteiger partial charge in [-0.25, -0.2) is 5.48 Å². The van der Waals surface area contributed by atoms with Crippen LogP contribution in [0.25, 0.3) is 10.9 Å². The number of fused-ring (bicyclic) bond motifs is 1. The van der Waals surface area contributed by atoms with Gasteiger partial charge >= 0.3 is 0 Å². The Kier molecular flexibility index (Phi) is 9.02. The van der Waals surface area contributed by atoms with Gasteiger partial charge in [0.1, 0.15) is 0 Å². The first-order valence-electron chi connectivity index (χ1n) is 14.9. The average molecular weight is 530 g/mol. The first-order valence-corrected chi connectivity index (χ1v) is 14.9. The van der Waals surface area contributed by atoms with Crippen LogP contribution in [0.15, 0.2) is 54.7 Å². The Hall–Kier alpha value is -3.12. The molecule has 6 heteroatoms. The van der Waals surface area contributed by atoms with Gasteiger partial charge in [0.15, 0.2) is 0 Å². The molecule has 2 saturated carbocycles. The number of carbonyl (C=O) groups excluding carboxylic acids is 2. The molecule has 5 rings (SSSR count). The summed E-state index contributed by atoms with van der Waals surface area (Å²) in [6.07, 6.45) is 13.2. The second kappa shape index (κ2) is 12.8. The van der Waals surface area contributed by atoms with Crippen LogP contribution in [0, 0.1) is 18.8 Å². The molecule has 3 N–H and O–H groups in total. The van der Waals surface area contributed by atoms with Crippen LogP contribution in [-0.2, 0) is 16.1 Å². The van der Waals surface area contributed by atoms with Crippen LogP contribution in [-0.4, -0.2) is 27.6 Å². The first-order chi connectivity index (χ1) is 19.0. The first kappa shape index (κ1) is 27.4. The Morgan fingerprint density at radius 3 is 2.44 bits per heavy atom. The number of rotatable bonds is 9. The van der Waals surface area contributed by atoms with Gasteiger partial charge in [-0.3, -0.25) is 14.8 Å². The van der Waals surface area contributed by atoms with Crippen molar-refractivity contribution in [1.29, 1.82) is 0 Å². The monoisotopic (exact) mass is 529 g/mol. The maximum atomic E-state index is 13.5. The van der Waals surface area contributed by atoms with Crippen molar-refractivity contribution < 1.29 is 14.8 Å². The predicted octanol–water partition coefficient (Wildman–Crippen LogP) is 6.62. The van der Waals surface area contributed by atoms with Gasteiger partial charge in [-0.05, 0) is 74.5 Å². The van der Waals surface area contributed by atoms with Crippen molar-refractivity contribution in [2.75, 3.05) is 0 Å². The van der Waals surface area contributed by atoms with E-state index in [0.29, 0.717) is 12.8 Å². The lowest BCUT2D eigenvalue weighted by Gasteiger charge is -2.29. The minimum atomic E-state index is -0.328. The van der Waals surface area contributed by atoms with Gasteiger partial charge < -0.3 is 9.88 Å². The Morgan fingerprint density at radius 2 is 1.69 bits per heavy atom. The standard InChI is InChI=1S/C33H43N3O3/c1-23-8-7-11-26(18-23)29(20-32(37)34-27-16-14-24(15-17-27)19-33(38)35-39)30-22-36(21-25-9-3-2-4-10-25)31-13-6-5-12-28(30)31/h5-8,11-13,18,22,24-25,27,29,39H,2-4,9-10,14-17,19-21H2,1H3,(H,34,37)(H,35,38). The molecule has 2 aromatic carbocycles. The van der Waals surface area contributed by atoms with Crippen molar-refractivity contribution in [1.82, 2.24) is 15.4 Å². The molecule has 0 bridgehead atoms. The fraction of sp³-hybridized carbons (Fsp3) is 0.515. The molecule has 1 atom stereocenters. The fourth-order valence-corrected chi connectivity index (χ4v) is 6.94. The molecule has 0 aliphatic heterocycles. The quantitative estimate of drug-likeness (QED) is 0.215. The lowest BCUT2D eigenvalue weighted by atomic mass is 9.83. The van der Waals surface area contributed by atoms with Crippen molar-refractivity contribution >= 4 is 22.7 Å². The Labute approximate surface area is 232 Å². The third-order valence-electron chi connectivity index (χ3n) is 9.02. The van der Waals surface area contributed by atoms with E-state index in [4.69, 9.17) is 5.21 Å². The third kappa shape index (κ3) is 6.91. The molecule has 2 amide bonds. The number of nitrogens with zero attached hydrogens (tertiary/aromatic N) is 1. The number of aromatic nitrogens is 1. The van der Waals surface area contributed by atoms with E-state index in [1.54, 1.807) is 5.48 Å². The highest BCUT2D eigenvalue weighted by Gasteiger charge is 2.27. The number of benzene rings is 2. The van der Waals surface area contributed by atoms with Crippen molar-refractivity contribution in [2.45, 2.75) is 96.1 Å². The van der Waals surface area contributed by atoms with Crippen LogP contribution in [0.5, 0.6) is 0 Å². The summed E-state index contributed by atoms with van der Waals surface area (Å²) in [5.41, 5.74) is 6.63. The zero-order valence-electron chi connectivity index (χ0n) is 23.2. The lowest BCUT2D eigenvalue weighted by molar-refractivity contribution is -0.130. The van der Waals surface area contributed by atoms with Gasteiger partial charge in [-0.2, -0.15) is 0 Å². The van der Waals surface area contributed by atoms with E-state index in [1.165, 1.54) is 59.7 Å². The van der Waals surface area contributed by atoms with Gasteiger partial charge in [0, 0.05) is 48.4 Å². The summed E-state index contributed by atoms with van der Waals surface area (Å²) in [6, 6.07) is 17.4. The highest BCUT2D eigenvalue weighted by atomic mass is 16.5. The maximum Gasteiger partial charge on any atom is 0.243 e. The number of hydroxylamine groups is 1. The van der Waals surface area contributed by atoms with Crippen LogP contribution >= 0.6 is 0 Å². The summed E-state index contributed by atoms with van der Waals surface area (Å²) in [4.78, 5) is 25.0. The SMILES string of the molecule is Cc1cccc(C(CC(=O)NC2CCC(CC(=O)NO)CC2)c2cn(CC3CCCCC3)c3ccccc23)c1. The number of hydrogen-bond acceptors (Lipinski definition) is 3. The second-order valence-electron chi connectivity index (χ2n) is 12.0. The molecule has 0 spiro atoms. The molecule has 1 unspecified atom stereocenters. The molecule has 1 heterocycles. The summed E-state index contributed by atoms with van der Waals surface area (Å²) in [5, 5.41) is 13.4. The van der Waals surface area contributed by atoms with E-state index in [1.807, 2.05) is 0 Å². The smallest absolute Gasteiger partial charge is 0.243 e. The molecule has 208 valence electrons. The van der Waals surface area contributed by atoms with Crippen LogP contribution < -0.4 is 10.8 Å². The highest BCUT2D eigenvalue weighted by molar-refractivity contribution is 5.86. The molecular weight excluding hydrogens is 486 g/mol. The van der Waals surface area contributed by atoms with Crippen molar-refractivity contribution in [3.05, 3.63) is 71.4 Å². The topological polar surface area (TPSA) is 83.4 Å². The van der Waals surface area contributed by atoms with Gasteiger partial charge in [0.2, 0.25) is 11.8 Å². The Morgan fingerprint density at radius 1 is 0.923 bits per heavy atom. The number of carbonyl (C=O) groups is 2. The molecular formula is C33H43N3O3. The van der Waals surface area contributed by atoms with Crippen molar-refractivity contribution in [3.63, 3.8) is 0 Å². The molecule has 2 fully saturated rings. The lowest BCUT2D eigenvalue weighted by Crippen LogP contribution is -2.38. The van der Waals surface area contributed by atoms with Gasteiger partial charge in [0.05, 0.1) is 0 Å². The molecule has 3 aromatic rings. The van der Waals surface area contributed by atoms with Crippen LogP contribution in [0.4, 0.5) is 0 Å². The average Bonchev–Trinajstić information content (AvgIpc) is 3.31. The molecule has 0 radical (unpaired) electrons. The minimum Gasteiger partial charge on any atom is -0.353 e. The van der Waals surface area contributed by atoms with Gasteiger partial charge in [0.25, 0.3) is 0 Å². The molecule has 0 saturated heterocycles. The minimum absolute atomic E-state index is 0.0213. The number of nitrogens with one attached hydrogen (secondary N) is 2. The van der Waals surface area contributed by atoms with Crippen LogP contribution in [0.1, 0.15) is 93.2 Å². The normalized spacial score (nSPS) is 21.0. The van der Waals surface area contributed by atoms with E-state index < -0.39 is 0 Å². The highest BCUT2D eigenvalue weighted by Crippen LogP contribution is 2.37. The third-order valence-corrected chi connectivity index (χ3v) is 9.02. The molecule has 6 nitrogen and oxygen atoms in total. The van der Waals surface area contributed by atoms with Gasteiger partial charge in [-0.15, -0.1) is 0 Å². The van der Waals surface area contributed by atoms with E-state index in [9.17, 15) is 9.59 Å². The van der Waals surface area contributed by atoms with E-state index in [-0.39, 0.29) is 29.7 Å². The number of amides is 2. The number of aryl methyl sites for hydroxylation is 1. The predicted molar refractivity (Wildman–Crippen MR) is 155 cm³/mol. The van der Waals surface area contributed by atoms with E-state index in [2.05, 4.69) is 71.5 Å². The Balaban J connectivity index is 1.35. The largest absolute Gasteiger partial charge is 0.353 e. The van der Waals surface area contributed by atoms with Crippen molar-refractivity contribution in [2.24, 2.45) is 11.8 Å². The van der Waals surface area contributed by atoms with Gasteiger partial charge in [-0.1, -0.05) is 67.3 Å². The summed E-state index contributed by atoms with van der Waals surface area (Å²) < 4.78 is 2.45. The second-order valence-corrected chi connectivity index (χ2v) is 12.0.